The van der Waals surface area contributed by atoms with E-state index in [9.17, 15) is 10.2 Å². The van der Waals surface area contributed by atoms with E-state index >= 15 is 0 Å². The molecule has 3 unspecified atom stereocenters. The number of benzene rings is 2. The van der Waals surface area contributed by atoms with Crippen LogP contribution < -0.4 is 0 Å². The lowest BCUT2D eigenvalue weighted by atomic mass is 9.94. The maximum absolute atomic E-state index is 10.8. The van der Waals surface area contributed by atoms with Gasteiger partial charge in [-0.05, 0) is 5.56 Å². The Morgan fingerprint density at radius 3 is 2.24 bits per heavy atom. The summed E-state index contributed by atoms with van der Waals surface area (Å²) in [5.41, 5.74) is 1.44. The second kappa shape index (κ2) is 5.95. The van der Waals surface area contributed by atoms with E-state index in [1.54, 1.807) is 0 Å². The number of aliphatic hydroxyl groups excluding tert-OH is 2. The van der Waals surface area contributed by atoms with Gasteiger partial charge in [-0.15, -0.1) is 0 Å². The topological polar surface area (TPSA) is 58.9 Å². The summed E-state index contributed by atoms with van der Waals surface area (Å²) in [5, 5.41) is 20.1. The van der Waals surface area contributed by atoms with Crippen LogP contribution in [0.2, 0.25) is 0 Å². The quantitative estimate of drug-likeness (QED) is 0.902. The lowest BCUT2D eigenvalue weighted by molar-refractivity contribution is -0.242. The molecule has 0 bridgehead atoms. The summed E-state index contributed by atoms with van der Waals surface area (Å²) in [7, 11) is 0. The summed E-state index contributed by atoms with van der Waals surface area (Å²) in [4.78, 5) is 0. The first-order valence-corrected chi connectivity index (χ1v) is 6.97. The van der Waals surface area contributed by atoms with Crippen molar-refractivity contribution in [3.63, 3.8) is 0 Å². The number of ether oxygens (including phenoxy) is 2. The van der Waals surface area contributed by atoms with Gasteiger partial charge in [-0.25, -0.2) is 0 Å². The van der Waals surface area contributed by atoms with Crippen LogP contribution in [0.4, 0.5) is 0 Å². The average molecular weight is 286 g/mol. The highest BCUT2D eigenvalue weighted by atomic mass is 16.8. The summed E-state index contributed by atoms with van der Waals surface area (Å²) < 4.78 is 11.7. The first-order chi connectivity index (χ1) is 10.3. The zero-order valence-electron chi connectivity index (χ0n) is 11.6. The van der Waals surface area contributed by atoms with E-state index in [0.29, 0.717) is 5.56 Å². The molecule has 110 valence electrons. The molecule has 3 rings (SSSR count). The Kier molecular flexibility index (Phi) is 4.03. The summed E-state index contributed by atoms with van der Waals surface area (Å²) in [5.74, 6) is -1.28. The van der Waals surface area contributed by atoms with E-state index < -0.39 is 18.0 Å². The molecule has 3 atom stereocenters. The van der Waals surface area contributed by atoms with Crippen molar-refractivity contribution in [1.82, 2.24) is 0 Å². The van der Waals surface area contributed by atoms with E-state index in [2.05, 4.69) is 0 Å². The molecule has 1 aliphatic rings. The van der Waals surface area contributed by atoms with Gasteiger partial charge in [0.15, 0.2) is 0 Å². The third kappa shape index (κ3) is 2.59. The summed E-state index contributed by atoms with van der Waals surface area (Å²) in [6.45, 7) is 0.103. The molecular weight excluding hydrogens is 268 g/mol. The Balaban J connectivity index is 2.01. The fourth-order valence-corrected chi connectivity index (χ4v) is 2.60. The van der Waals surface area contributed by atoms with Gasteiger partial charge in [-0.3, -0.25) is 0 Å². The van der Waals surface area contributed by atoms with Crippen LogP contribution in [0.15, 0.2) is 60.7 Å². The number of hydrogen-bond donors (Lipinski definition) is 2. The molecule has 0 aliphatic carbocycles. The molecule has 21 heavy (non-hydrogen) atoms. The minimum atomic E-state index is -1.28. The summed E-state index contributed by atoms with van der Waals surface area (Å²) >= 11 is 0. The van der Waals surface area contributed by atoms with Crippen molar-refractivity contribution in [2.75, 3.05) is 13.2 Å². The molecule has 0 radical (unpaired) electrons. The van der Waals surface area contributed by atoms with Gasteiger partial charge in [0.2, 0.25) is 5.79 Å². The van der Waals surface area contributed by atoms with Crippen molar-refractivity contribution in [2.24, 2.45) is 0 Å². The van der Waals surface area contributed by atoms with Crippen molar-refractivity contribution in [2.45, 2.75) is 18.0 Å². The lowest BCUT2D eigenvalue weighted by Gasteiger charge is -2.33. The number of rotatable bonds is 4. The molecule has 1 saturated heterocycles. The molecule has 0 spiro atoms. The summed E-state index contributed by atoms with van der Waals surface area (Å²) in [6, 6.07) is 18.6. The first-order valence-electron chi connectivity index (χ1n) is 6.97. The fraction of sp³-hybridized carbons (Fsp3) is 0.294. The molecule has 1 fully saturated rings. The highest BCUT2D eigenvalue weighted by Gasteiger charge is 2.49. The molecule has 1 aliphatic heterocycles. The number of aliphatic hydroxyl groups is 2. The Labute approximate surface area is 123 Å². The van der Waals surface area contributed by atoms with E-state index in [1.807, 2.05) is 60.7 Å². The monoisotopic (exact) mass is 286 g/mol. The Hall–Kier alpha value is -1.72. The van der Waals surface area contributed by atoms with Gasteiger partial charge in [0.25, 0.3) is 0 Å². The van der Waals surface area contributed by atoms with Crippen LogP contribution in [0, 0.1) is 0 Å². The van der Waals surface area contributed by atoms with Crippen LogP contribution in [0.25, 0.3) is 0 Å². The van der Waals surface area contributed by atoms with E-state index in [1.165, 1.54) is 0 Å². The normalized spacial score (nSPS) is 26.7. The van der Waals surface area contributed by atoms with Crippen molar-refractivity contribution in [3.05, 3.63) is 71.8 Å². The second-order valence-electron chi connectivity index (χ2n) is 5.08. The third-order valence-electron chi connectivity index (χ3n) is 3.68. The van der Waals surface area contributed by atoms with Crippen LogP contribution >= 0.6 is 0 Å². The minimum absolute atomic E-state index is 0.143. The molecule has 2 aromatic carbocycles. The van der Waals surface area contributed by atoms with E-state index in [4.69, 9.17) is 9.47 Å². The molecule has 0 amide bonds. The first kappa shape index (κ1) is 14.2. The van der Waals surface area contributed by atoms with Crippen molar-refractivity contribution in [3.8, 4) is 0 Å². The highest BCUT2D eigenvalue weighted by Crippen LogP contribution is 2.44. The van der Waals surface area contributed by atoms with Crippen molar-refractivity contribution in [1.29, 1.82) is 0 Å². The van der Waals surface area contributed by atoms with E-state index in [-0.39, 0.29) is 13.2 Å². The van der Waals surface area contributed by atoms with E-state index in [0.717, 1.165) is 5.56 Å². The largest absolute Gasteiger partial charge is 0.394 e. The van der Waals surface area contributed by atoms with Crippen LogP contribution in [0.3, 0.4) is 0 Å². The van der Waals surface area contributed by atoms with Gasteiger partial charge in [0.1, 0.15) is 12.2 Å². The van der Waals surface area contributed by atoms with Gasteiger partial charge in [-0.1, -0.05) is 60.7 Å². The van der Waals surface area contributed by atoms with Gasteiger partial charge in [0.05, 0.1) is 13.2 Å². The average Bonchev–Trinajstić information content (AvgIpc) is 3.01. The molecular formula is C17H18O4. The van der Waals surface area contributed by atoms with Crippen LogP contribution in [-0.4, -0.2) is 29.5 Å². The third-order valence-corrected chi connectivity index (χ3v) is 3.68. The molecule has 4 heteroatoms. The van der Waals surface area contributed by atoms with Crippen LogP contribution in [0.5, 0.6) is 0 Å². The van der Waals surface area contributed by atoms with Crippen molar-refractivity contribution < 1.29 is 19.7 Å². The molecule has 2 N–H and O–H groups in total. The zero-order chi connectivity index (χ0) is 14.7. The molecule has 0 aromatic heterocycles. The van der Waals surface area contributed by atoms with Gasteiger partial charge in [-0.2, -0.15) is 0 Å². The zero-order valence-corrected chi connectivity index (χ0v) is 11.6. The maximum Gasteiger partial charge on any atom is 0.226 e. The molecule has 1 heterocycles. The summed E-state index contributed by atoms with van der Waals surface area (Å²) in [6.07, 6.45) is -1.42. The van der Waals surface area contributed by atoms with Gasteiger partial charge >= 0.3 is 0 Å². The fourth-order valence-electron chi connectivity index (χ4n) is 2.60. The highest BCUT2D eigenvalue weighted by molar-refractivity contribution is 5.28. The molecule has 4 nitrogen and oxygen atoms in total. The predicted octanol–water partition coefficient (Wildman–Crippen LogP) is 1.98. The Morgan fingerprint density at radius 1 is 1.05 bits per heavy atom. The predicted molar refractivity (Wildman–Crippen MR) is 77.4 cm³/mol. The van der Waals surface area contributed by atoms with Crippen LogP contribution in [-0.2, 0) is 15.3 Å². The van der Waals surface area contributed by atoms with Gasteiger partial charge < -0.3 is 19.7 Å². The Morgan fingerprint density at radius 2 is 1.67 bits per heavy atom. The van der Waals surface area contributed by atoms with Crippen LogP contribution in [0.1, 0.15) is 17.2 Å². The SMILES string of the molecule is OCC1COC(c2ccccc2)(C(O)c2ccccc2)O1. The lowest BCUT2D eigenvalue weighted by Crippen LogP contribution is -2.36. The van der Waals surface area contributed by atoms with Crippen molar-refractivity contribution >= 4 is 0 Å². The molecule has 0 saturated carbocycles. The smallest absolute Gasteiger partial charge is 0.226 e. The second-order valence-corrected chi connectivity index (χ2v) is 5.08. The Bertz CT molecular complexity index is 572. The molecule has 2 aromatic rings. The standard InChI is InChI=1S/C17H18O4/c18-11-15-12-20-17(21-15,14-9-5-2-6-10-14)16(19)13-7-3-1-4-8-13/h1-10,15-16,18-19H,11-12H2. The minimum Gasteiger partial charge on any atom is -0.394 e. The maximum atomic E-state index is 10.8. The van der Waals surface area contributed by atoms with Gasteiger partial charge in [0, 0.05) is 5.56 Å². The number of hydrogen-bond acceptors (Lipinski definition) is 4.